The molecule has 1 N–H and O–H groups in total. The van der Waals surface area contributed by atoms with Gasteiger partial charge in [-0.2, -0.15) is 0 Å². The average molecular weight is 479 g/mol. The van der Waals surface area contributed by atoms with E-state index in [0.717, 1.165) is 17.7 Å². The summed E-state index contributed by atoms with van der Waals surface area (Å²) in [6.07, 6.45) is 6.43. The first-order valence-corrected chi connectivity index (χ1v) is 12.5. The average Bonchev–Trinajstić information content (AvgIpc) is 2.65. The van der Waals surface area contributed by atoms with Gasteiger partial charge in [-0.25, -0.2) is 14.4 Å². The summed E-state index contributed by atoms with van der Waals surface area (Å²) in [6.45, 7) is 19.1. The van der Waals surface area contributed by atoms with Crippen molar-refractivity contribution < 1.29 is 19.0 Å². The molecule has 0 aliphatic heterocycles. The Kier molecular flexibility index (Phi) is 10.9. The van der Waals surface area contributed by atoms with E-state index in [-0.39, 0.29) is 17.3 Å². The number of hydrogen-bond acceptors (Lipinski definition) is 5. The molecule has 0 amide bonds. The topological polar surface area (TPSA) is 72.3 Å². The number of allylic oxidation sites excluding steroid dienone is 1. The lowest BCUT2D eigenvalue weighted by Crippen LogP contribution is -2.29. The van der Waals surface area contributed by atoms with Gasteiger partial charge in [0.25, 0.3) is 0 Å². The van der Waals surface area contributed by atoms with Crippen LogP contribution >= 0.6 is 0 Å². The molecule has 2 unspecified atom stereocenters. The molecule has 1 heterocycles. The predicted octanol–water partition coefficient (Wildman–Crippen LogP) is 7.31. The Balaban J connectivity index is 2.70. The molecule has 6 heteroatoms. The molecular weight excluding hydrogens is 431 g/mol. The molecule has 0 aliphatic carbocycles. The van der Waals surface area contributed by atoms with Gasteiger partial charge in [-0.1, -0.05) is 45.3 Å². The van der Waals surface area contributed by atoms with Gasteiger partial charge < -0.3 is 9.84 Å². The first-order valence-electron chi connectivity index (χ1n) is 12.5. The van der Waals surface area contributed by atoms with Crippen molar-refractivity contribution in [3.63, 3.8) is 0 Å². The standard InChI is InChI=1S/C28H47FN2O3/c1-19(26(3,4)5)17-22-18-30-24(31-20(22)2)23(32)14-12-11-13-21(15-16-28(9,10)29)25(33)34-27(6,7)8/h17-18,21,23,32H,11-16H2,1-10H3/b19-17+. The highest BCUT2D eigenvalue weighted by Gasteiger charge is 2.27. The van der Waals surface area contributed by atoms with Crippen molar-refractivity contribution in [1.29, 1.82) is 0 Å². The van der Waals surface area contributed by atoms with Gasteiger partial charge in [0.15, 0.2) is 5.82 Å². The molecule has 194 valence electrons. The first-order chi connectivity index (χ1) is 15.4. The molecule has 0 fully saturated rings. The SMILES string of the molecule is C/C(=C\c1cnc(C(O)CCCCC(CCC(C)(C)F)C(=O)OC(C)(C)C)nc1C)C(C)(C)C. The fourth-order valence-electron chi connectivity index (χ4n) is 3.39. The van der Waals surface area contributed by atoms with Crippen LogP contribution in [0.15, 0.2) is 11.8 Å². The maximum absolute atomic E-state index is 14.0. The smallest absolute Gasteiger partial charge is 0.309 e. The molecule has 0 saturated heterocycles. The molecule has 1 rings (SSSR count). The number of nitrogens with zero attached hydrogens (tertiary/aromatic N) is 2. The third-order valence-electron chi connectivity index (χ3n) is 6.00. The predicted molar refractivity (Wildman–Crippen MR) is 137 cm³/mol. The zero-order valence-electron chi connectivity index (χ0n) is 23.1. The number of aliphatic hydroxyl groups is 1. The van der Waals surface area contributed by atoms with Crippen molar-refractivity contribution in [2.45, 2.75) is 125 Å². The number of carbonyl (C=O) groups is 1. The van der Waals surface area contributed by atoms with Crippen LogP contribution in [0.25, 0.3) is 6.08 Å². The third-order valence-corrected chi connectivity index (χ3v) is 6.00. The number of carbonyl (C=O) groups excluding carboxylic acids is 1. The minimum Gasteiger partial charge on any atom is -0.460 e. The molecule has 0 saturated carbocycles. The van der Waals surface area contributed by atoms with E-state index in [0.29, 0.717) is 37.9 Å². The number of aromatic nitrogens is 2. The third kappa shape index (κ3) is 11.5. The number of alkyl halides is 1. The van der Waals surface area contributed by atoms with E-state index in [4.69, 9.17) is 4.74 Å². The molecule has 0 aliphatic rings. The summed E-state index contributed by atoms with van der Waals surface area (Å²) >= 11 is 0. The zero-order chi connectivity index (χ0) is 26.3. The summed E-state index contributed by atoms with van der Waals surface area (Å²) in [6, 6.07) is 0. The van der Waals surface area contributed by atoms with Crippen LogP contribution in [0, 0.1) is 18.3 Å². The second kappa shape index (κ2) is 12.2. The minimum absolute atomic E-state index is 0.0712. The van der Waals surface area contributed by atoms with Gasteiger partial charge in [0.05, 0.1) is 5.92 Å². The maximum atomic E-state index is 14.0. The van der Waals surface area contributed by atoms with Gasteiger partial charge in [0.1, 0.15) is 17.4 Å². The van der Waals surface area contributed by atoms with Crippen molar-refractivity contribution in [2.24, 2.45) is 11.3 Å². The monoisotopic (exact) mass is 478 g/mol. The maximum Gasteiger partial charge on any atom is 0.309 e. The van der Waals surface area contributed by atoms with Gasteiger partial charge in [0, 0.05) is 17.5 Å². The number of unbranched alkanes of at least 4 members (excludes halogenated alkanes) is 1. The quantitative estimate of drug-likeness (QED) is 0.266. The molecule has 0 aromatic carbocycles. The van der Waals surface area contributed by atoms with E-state index in [1.54, 1.807) is 6.20 Å². The number of hydrogen-bond donors (Lipinski definition) is 1. The van der Waals surface area contributed by atoms with E-state index < -0.39 is 17.4 Å². The van der Waals surface area contributed by atoms with Crippen molar-refractivity contribution in [3.05, 3.63) is 28.9 Å². The van der Waals surface area contributed by atoms with Crippen LogP contribution in [0.1, 0.15) is 124 Å². The Morgan fingerprint density at radius 1 is 1.09 bits per heavy atom. The Morgan fingerprint density at radius 2 is 1.68 bits per heavy atom. The summed E-state index contributed by atoms with van der Waals surface area (Å²) in [5.74, 6) is -0.196. The molecule has 2 atom stereocenters. The van der Waals surface area contributed by atoms with Gasteiger partial charge in [-0.15, -0.1) is 0 Å². The Morgan fingerprint density at radius 3 is 2.18 bits per heavy atom. The van der Waals surface area contributed by atoms with Crippen LogP contribution in [0.5, 0.6) is 0 Å². The highest BCUT2D eigenvalue weighted by Crippen LogP contribution is 2.28. The zero-order valence-corrected chi connectivity index (χ0v) is 23.1. The van der Waals surface area contributed by atoms with Crippen LogP contribution in [0.2, 0.25) is 0 Å². The number of esters is 1. The fraction of sp³-hybridized carbons (Fsp3) is 0.750. The Hall–Kier alpha value is -1.82. The Labute approximate surface area is 206 Å². The number of ether oxygens (including phenoxy) is 1. The number of rotatable bonds is 11. The van der Waals surface area contributed by atoms with Crippen LogP contribution in [0.3, 0.4) is 0 Å². The largest absolute Gasteiger partial charge is 0.460 e. The molecule has 1 aromatic heterocycles. The molecule has 1 aromatic rings. The number of aliphatic hydroxyl groups excluding tert-OH is 1. The molecule has 34 heavy (non-hydrogen) atoms. The second-order valence-corrected chi connectivity index (χ2v) is 12.1. The minimum atomic E-state index is -1.32. The highest BCUT2D eigenvalue weighted by atomic mass is 19.1. The fourth-order valence-corrected chi connectivity index (χ4v) is 3.39. The van der Waals surface area contributed by atoms with Gasteiger partial charge >= 0.3 is 5.97 Å². The normalized spacial score (nSPS) is 15.2. The first kappa shape index (κ1) is 30.2. The van der Waals surface area contributed by atoms with Crippen molar-refractivity contribution >= 4 is 12.0 Å². The Bertz CT molecular complexity index is 830. The summed E-state index contributed by atoms with van der Waals surface area (Å²) in [5.41, 5.74) is 1.22. The molecule has 5 nitrogen and oxygen atoms in total. The van der Waals surface area contributed by atoms with Crippen LogP contribution in [-0.4, -0.2) is 32.3 Å². The second-order valence-electron chi connectivity index (χ2n) is 12.1. The summed E-state index contributed by atoms with van der Waals surface area (Å²) in [4.78, 5) is 21.5. The molecule has 0 spiro atoms. The van der Waals surface area contributed by atoms with Gasteiger partial charge in [0.2, 0.25) is 0 Å². The number of halogens is 1. The molecule has 0 radical (unpaired) electrons. The van der Waals surface area contributed by atoms with Gasteiger partial charge in [-0.3, -0.25) is 4.79 Å². The van der Waals surface area contributed by atoms with Gasteiger partial charge in [-0.05, 0) is 79.6 Å². The summed E-state index contributed by atoms with van der Waals surface area (Å²) in [5, 5.41) is 10.6. The van der Waals surface area contributed by atoms with Crippen molar-refractivity contribution in [2.75, 3.05) is 0 Å². The van der Waals surface area contributed by atoms with E-state index >= 15 is 0 Å². The molecule has 0 bridgehead atoms. The summed E-state index contributed by atoms with van der Waals surface area (Å²) < 4.78 is 19.6. The molecular formula is C28H47FN2O3. The summed E-state index contributed by atoms with van der Waals surface area (Å²) in [7, 11) is 0. The lowest BCUT2D eigenvalue weighted by molar-refractivity contribution is -0.160. The van der Waals surface area contributed by atoms with E-state index in [2.05, 4.69) is 43.7 Å². The van der Waals surface area contributed by atoms with Crippen LogP contribution in [0.4, 0.5) is 4.39 Å². The lowest BCUT2D eigenvalue weighted by Gasteiger charge is -2.25. The van der Waals surface area contributed by atoms with E-state index in [1.165, 1.54) is 19.4 Å². The van der Waals surface area contributed by atoms with Crippen molar-refractivity contribution in [3.8, 4) is 0 Å². The van der Waals surface area contributed by atoms with Crippen molar-refractivity contribution in [1.82, 2.24) is 9.97 Å². The van der Waals surface area contributed by atoms with Crippen LogP contribution in [-0.2, 0) is 9.53 Å². The lowest BCUT2D eigenvalue weighted by atomic mass is 9.86. The van der Waals surface area contributed by atoms with E-state index in [9.17, 15) is 14.3 Å². The number of aryl methyl sites for hydroxylation is 1. The van der Waals surface area contributed by atoms with Crippen LogP contribution < -0.4 is 0 Å². The van der Waals surface area contributed by atoms with E-state index in [1.807, 2.05) is 27.7 Å². The highest BCUT2D eigenvalue weighted by molar-refractivity contribution is 5.72.